The predicted octanol–water partition coefficient (Wildman–Crippen LogP) is 4.24. The third kappa shape index (κ3) is 2.02. The molecule has 0 saturated carbocycles. The van der Waals surface area contributed by atoms with Crippen molar-refractivity contribution in [1.82, 2.24) is 9.47 Å². The second-order valence-electron chi connectivity index (χ2n) is 8.23. The van der Waals surface area contributed by atoms with Crippen LogP contribution in [0.1, 0.15) is 62.9 Å². The summed E-state index contributed by atoms with van der Waals surface area (Å²) >= 11 is 0. The SMILES string of the molecule is CCOC(=O)C1C[C@@]2(CC)CCCN3CCc4c(n1c1ccccc41)[C@H]32. The van der Waals surface area contributed by atoms with Gasteiger partial charge in [0.25, 0.3) is 0 Å². The molecule has 4 nitrogen and oxygen atoms in total. The summed E-state index contributed by atoms with van der Waals surface area (Å²) in [7, 11) is 0. The van der Waals surface area contributed by atoms with Crippen LogP contribution in [0, 0.1) is 5.41 Å². The van der Waals surface area contributed by atoms with Gasteiger partial charge in [-0.2, -0.15) is 0 Å². The number of fused-ring (bicyclic) bond motifs is 3. The highest BCUT2D eigenvalue weighted by molar-refractivity contribution is 5.89. The van der Waals surface area contributed by atoms with Crippen LogP contribution in [0.15, 0.2) is 24.3 Å². The molecule has 0 radical (unpaired) electrons. The van der Waals surface area contributed by atoms with Crippen LogP contribution in [-0.2, 0) is 16.0 Å². The molecule has 4 heteroatoms. The first-order valence-corrected chi connectivity index (χ1v) is 10.2. The van der Waals surface area contributed by atoms with E-state index in [0.29, 0.717) is 12.6 Å². The molecule has 0 amide bonds. The predicted molar refractivity (Wildman–Crippen MR) is 102 cm³/mol. The van der Waals surface area contributed by atoms with Gasteiger partial charge in [-0.1, -0.05) is 25.1 Å². The zero-order chi connectivity index (χ0) is 17.9. The first kappa shape index (κ1) is 16.4. The molecule has 1 fully saturated rings. The summed E-state index contributed by atoms with van der Waals surface area (Å²) in [5, 5.41) is 1.34. The van der Waals surface area contributed by atoms with Crippen molar-refractivity contribution in [3.8, 4) is 0 Å². The molecule has 1 unspecified atom stereocenters. The highest BCUT2D eigenvalue weighted by Crippen LogP contribution is 2.59. The molecule has 2 aromatic rings. The van der Waals surface area contributed by atoms with Crippen LogP contribution >= 0.6 is 0 Å². The number of para-hydroxylation sites is 1. The van der Waals surface area contributed by atoms with Crippen molar-refractivity contribution in [2.75, 3.05) is 19.7 Å². The Labute approximate surface area is 155 Å². The molecule has 3 atom stereocenters. The Balaban J connectivity index is 1.80. The van der Waals surface area contributed by atoms with Crippen LogP contribution in [-0.4, -0.2) is 35.1 Å². The lowest BCUT2D eigenvalue weighted by Crippen LogP contribution is -2.54. The fourth-order valence-electron chi connectivity index (χ4n) is 6.13. The summed E-state index contributed by atoms with van der Waals surface area (Å²) in [6.07, 6.45) is 5.60. The van der Waals surface area contributed by atoms with E-state index < -0.39 is 0 Å². The molecule has 0 bridgehead atoms. The number of ether oxygens (including phenoxy) is 1. The van der Waals surface area contributed by atoms with E-state index in [1.165, 1.54) is 41.5 Å². The molecule has 1 aromatic heterocycles. The van der Waals surface area contributed by atoms with Gasteiger partial charge in [0.2, 0.25) is 0 Å². The van der Waals surface area contributed by atoms with E-state index in [4.69, 9.17) is 4.74 Å². The maximum atomic E-state index is 13.0. The summed E-state index contributed by atoms with van der Waals surface area (Å²) in [5.41, 5.74) is 4.32. The number of esters is 1. The molecule has 3 aliphatic heterocycles. The van der Waals surface area contributed by atoms with Crippen LogP contribution in [0.25, 0.3) is 10.9 Å². The lowest BCUT2D eigenvalue weighted by Gasteiger charge is -2.56. The van der Waals surface area contributed by atoms with Crippen LogP contribution < -0.4 is 0 Å². The van der Waals surface area contributed by atoms with Gasteiger partial charge in [0.1, 0.15) is 6.04 Å². The molecule has 1 saturated heterocycles. The zero-order valence-electron chi connectivity index (χ0n) is 15.8. The lowest BCUT2D eigenvalue weighted by atomic mass is 9.63. The second-order valence-corrected chi connectivity index (χ2v) is 8.23. The van der Waals surface area contributed by atoms with Gasteiger partial charge in [0.15, 0.2) is 0 Å². The summed E-state index contributed by atoms with van der Waals surface area (Å²) in [6, 6.07) is 8.93. The van der Waals surface area contributed by atoms with E-state index in [9.17, 15) is 4.79 Å². The highest BCUT2D eigenvalue weighted by atomic mass is 16.5. The number of aromatic nitrogens is 1. The molecule has 4 heterocycles. The van der Waals surface area contributed by atoms with Gasteiger partial charge < -0.3 is 9.30 Å². The Morgan fingerprint density at radius 1 is 1.27 bits per heavy atom. The first-order chi connectivity index (χ1) is 12.7. The minimum absolute atomic E-state index is 0.0509. The van der Waals surface area contributed by atoms with Crippen molar-refractivity contribution in [2.24, 2.45) is 5.41 Å². The van der Waals surface area contributed by atoms with Gasteiger partial charge >= 0.3 is 5.97 Å². The third-order valence-corrected chi connectivity index (χ3v) is 7.20. The molecule has 0 aliphatic carbocycles. The third-order valence-electron chi connectivity index (χ3n) is 7.20. The Kier molecular flexibility index (Phi) is 3.68. The average molecular weight is 352 g/mol. The molecule has 1 aromatic carbocycles. The fraction of sp³-hybridized carbons (Fsp3) is 0.591. The monoisotopic (exact) mass is 352 g/mol. The van der Waals surface area contributed by atoms with Gasteiger partial charge in [-0.15, -0.1) is 0 Å². The van der Waals surface area contributed by atoms with Gasteiger partial charge in [-0.3, -0.25) is 4.90 Å². The van der Waals surface area contributed by atoms with E-state index in [-0.39, 0.29) is 17.4 Å². The van der Waals surface area contributed by atoms with Gasteiger partial charge in [-0.05, 0) is 62.6 Å². The number of carbonyl (C=O) groups is 1. The minimum atomic E-state index is -0.183. The zero-order valence-corrected chi connectivity index (χ0v) is 15.8. The number of piperidine rings is 1. The van der Waals surface area contributed by atoms with Crippen molar-refractivity contribution >= 4 is 16.9 Å². The Bertz CT molecular complexity index is 870. The molecule has 0 N–H and O–H groups in total. The largest absolute Gasteiger partial charge is 0.464 e. The molecule has 26 heavy (non-hydrogen) atoms. The second kappa shape index (κ2) is 5.85. The van der Waals surface area contributed by atoms with Crippen molar-refractivity contribution in [3.63, 3.8) is 0 Å². The molecule has 3 aliphatic rings. The number of nitrogens with zero attached hydrogens (tertiary/aromatic N) is 2. The fourth-order valence-corrected chi connectivity index (χ4v) is 6.13. The summed E-state index contributed by atoms with van der Waals surface area (Å²) in [6.45, 7) is 7.02. The number of rotatable bonds is 3. The molecular formula is C22H28N2O2. The van der Waals surface area contributed by atoms with Crippen molar-refractivity contribution in [3.05, 3.63) is 35.5 Å². The number of hydrogen-bond acceptors (Lipinski definition) is 3. The quantitative estimate of drug-likeness (QED) is 0.775. The van der Waals surface area contributed by atoms with E-state index >= 15 is 0 Å². The number of benzene rings is 1. The van der Waals surface area contributed by atoms with Crippen LogP contribution in [0.2, 0.25) is 0 Å². The molecule has 138 valence electrons. The van der Waals surface area contributed by atoms with Crippen molar-refractivity contribution < 1.29 is 9.53 Å². The van der Waals surface area contributed by atoms with Crippen LogP contribution in [0.5, 0.6) is 0 Å². The van der Waals surface area contributed by atoms with Crippen molar-refractivity contribution in [1.29, 1.82) is 0 Å². The molecule has 5 rings (SSSR count). The maximum Gasteiger partial charge on any atom is 0.329 e. The van der Waals surface area contributed by atoms with E-state index in [1.807, 2.05) is 6.92 Å². The standard InChI is InChI=1S/C22H28N2O2/c1-3-22-11-7-12-23-13-10-16-15-8-5-6-9-17(15)24(19(16)20(22)23)18(14-22)21(25)26-4-2/h5-6,8-9,18,20H,3-4,7,10-14H2,1-2H3/t18?,20-,22+/m0/s1. The lowest BCUT2D eigenvalue weighted by molar-refractivity contribution is -0.151. The van der Waals surface area contributed by atoms with Crippen LogP contribution in [0.3, 0.4) is 0 Å². The van der Waals surface area contributed by atoms with E-state index in [1.54, 1.807) is 0 Å². The number of carbonyl (C=O) groups excluding carboxylic acids is 1. The van der Waals surface area contributed by atoms with Crippen molar-refractivity contribution in [2.45, 2.75) is 58.0 Å². The minimum Gasteiger partial charge on any atom is -0.464 e. The first-order valence-electron chi connectivity index (χ1n) is 10.2. The van der Waals surface area contributed by atoms with Crippen LogP contribution in [0.4, 0.5) is 0 Å². The molecule has 0 spiro atoms. The Morgan fingerprint density at radius 2 is 2.12 bits per heavy atom. The van der Waals surface area contributed by atoms with E-state index in [0.717, 1.165) is 25.8 Å². The summed E-state index contributed by atoms with van der Waals surface area (Å²) < 4.78 is 7.90. The van der Waals surface area contributed by atoms with Gasteiger partial charge in [0.05, 0.1) is 12.6 Å². The smallest absolute Gasteiger partial charge is 0.329 e. The van der Waals surface area contributed by atoms with E-state index in [2.05, 4.69) is 40.7 Å². The average Bonchev–Trinajstić information content (AvgIpc) is 3.02. The summed E-state index contributed by atoms with van der Waals surface area (Å²) in [5.74, 6) is -0.0509. The molecular weight excluding hydrogens is 324 g/mol. The Hall–Kier alpha value is -1.81. The number of hydrogen-bond donors (Lipinski definition) is 0. The Morgan fingerprint density at radius 3 is 2.92 bits per heavy atom. The van der Waals surface area contributed by atoms with Gasteiger partial charge in [0, 0.05) is 23.1 Å². The summed E-state index contributed by atoms with van der Waals surface area (Å²) in [4.78, 5) is 15.7. The normalized spacial score (nSPS) is 30.2. The topological polar surface area (TPSA) is 34.5 Å². The highest BCUT2D eigenvalue weighted by Gasteiger charge is 2.54. The van der Waals surface area contributed by atoms with Gasteiger partial charge in [-0.25, -0.2) is 4.79 Å². The maximum absolute atomic E-state index is 13.0.